The zero-order valence-electron chi connectivity index (χ0n) is 19.8. The summed E-state index contributed by atoms with van der Waals surface area (Å²) in [5, 5.41) is 39.9. The number of esters is 2. The zero-order valence-corrected chi connectivity index (χ0v) is 19.8. The van der Waals surface area contributed by atoms with Crippen molar-refractivity contribution in [3.63, 3.8) is 0 Å². The van der Waals surface area contributed by atoms with Crippen LogP contribution in [0.25, 0.3) is 0 Å². The molecule has 0 aliphatic carbocycles. The summed E-state index contributed by atoms with van der Waals surface area (Å²) in [5.74, 6) is -4.51. The smallest absolute Gasteiger partial charge is 0.316 e. The summed E-state index contributed by atoms with van der Waals surface area (Å²) in [6, 6.07) is 21.7. The van der Waals surface area contributed by atoms with Crippen LogP contribution in [0.4, 0.5) is 0 Å². The summed E-state index contributed by atoms with van der Waals surface area (Å²) in [4.78, 5) is 27.4. The van der Waals surface area contributed by atoms with E-state index in [1.165, 1.54) is 48.5 Å². The Balaban J connectivity index is 1.58. The van der Waals surface area contributed by atoms with E-state index in [0.29, 0.717) is 22.3 Å². The fourth-order valence-corrected chi connectivity index (χ4v) is 5.59. The molecule has 2 aliphatic rings. The van der Waals surface area contributed by atoms with Crippen molar-refractivity contribution in [2.75, 3.05) is 0 Å². The third kappa shape index (κ3) is 3.87. The van der Waals surface area contributed by atoms with Gasteiger partial charge in [0, 0.05) is 35.1 Å². The second-order valence-corrected chi connectivity index (χ2v) is 9.48. The van der Waals surface area contributed by atoms with Crippen LogP contribution in [0.2, 0.25) is 0 Å². The molecule has 4 aromatic rings. The van der Waals surface area contributed by atoms with E-state index in [1.54, 1.807) is 36.4 Å². The molecule has 4 atom stereocenters. The largest absolute Gasteiger partial charge is 0.508 e. The van der Waals surface area contributed by atoms with Crippen LogP contribution < -0.4 is 9.47 Å². The first kappa shape index (κ1) is 23.4. The van der Waals surface area contributed by atoms with Crippen LogP contribution in [0.1, 0.15) is 34.1 Å². The van der Waals surface area contributed by atoms with Crippen molar-refractivity contribution in [3.8, 4) is 34.5 Å². The van der Waals surface area contributed by atoms with E-state index in [1.807, 2.05) is 0 Å². The van der Waals surface area contributed by atoms with Gasteiger partial charge in [-0.2, -0.15) is 0 Å². The van der Waals surface area contributed by atoms with Crippen LogP contribution in [0.3, 0.4) is 0 Å². The van der Waals surface area contributed by atoms with E-state index in [0.717, 1.165) is 0 Å². The topological polar surface area (TPSA) is 134 Å². The van der Waals surface area contributed by atoms with E-state index in [2.05, 4.69) is 0 Å². The molecule has 6 rings (SSSR count). The Bertz CT molecular complexity index is 1440. The molecule has 0 spiro atoms. The van der Waals surface area contributed by atoms with E-state index in [9.17, 15) is 30.0 Å². The number of ether oxygens (including phenoxy) is 2. The lowest BCUT2D eigenvalue weighted by molar-refractivity contribution is -0.154. The van der Waals surface area contributed by atoms with Crippen molar-refractivity contribution in [1.82, 2.24) is 0 Å². The number of phenolic OH excluding ortho intramolecular Hbond substituents is 4. The van der Waals surface area contributed by atoms with Crippen molar-refractivity contribution in [1.29, 1.82) is 0 Å². The fraction of sp³-hybridized carbons (Fsp3) is 0.133. The Morgan fingerprint density at radius 3 is 1.18 bits per heavy atom. The molecule has 190 valence electrons. The quantitative estimate of drug-likeness (QED) is 0.233. The van der Waals surface area contributed by atoms with Crippen molar-refractivity contribution in [2.45, 2.75) is 11.8 Å². The molecule has 0 unspecified atom stereocenters. The van der Waals surface area contributed by atoms with Crippen molar-refractivity contribution in [2.24, 2.45) is 11.8 Å². The molecule has 0 aromatic heterocycles. The molecule has 0 amide bonds. The number of aromatic hydroxyl groups is 4. The molecule has 0 bridgehead atoms. The predicted octanol–water partition coefficient (Wildman–Crippen LogP) is 4.54. The molecule has 0 saturated heterocycles. The van der Waals surface area contributed by atoms with Gasteiger partial charge in [0.25, 0.3) is 0 Å². The molecule has 4 N–H and O–H groups in total. The Hall–Kier alpha value is -4.98. The van der Waals surface area contributed by atoms with Gasteiger partial charge in [-0.3, -0.25) is 9.59 Å². The molecular formula is C30H22O8. The average Bonchev–Trinajstić information content (AvgIpc) is 2.88. The summed E-state index contributed by atoms with van der Waals surface area (Å²) in [5.41, 5.74) is 2.49. The highest BCUT2D eigenvalue weighted by Crippen LogP contribution is 2.53. The minimum Gasteiger partial charge on any atom is -0.508 e. The van der Waals surface area contributed by atoms with Crippen LogP contribution in [-0.4, -0.2) is 32.4 Å². The third-order valence-corrected chi connectivity index (χ3v) is 7.24. The minimum absolute atomic E-state index is 0.0439. The number of benzene rings is 4. The molecule has 4 aromatic carbocycles. The summed E-state index contributed by atoms with van der Waals surface area (Å²) >= 11 is 0. The number of hydrogen-bond donors (Lipinski definition) is 4. The summed E-state index contributed by atoms with van der Waals surface area (Å²) < 4.78 is 11.4. The molecule has 8 heteroatoms. The molecule has 0 saturated carbocycles. The number of carbonyl (C=O) groups is 2. The van der Waals surface area contributed by atoms with Crippen LogP contribution in [-0.2, 0) is 9.59 Å². The Labute approximate surface area is 217 Å². The molecule has 0 fully saturated rings. The summed E-state index contributed by atoms with van der Waals surface area (Å²) in [6.45, 7) is 0. The van der Waals surface area contributed by atoms with Crippen LogP contribution in [0, 0.1) is 11.8 Å². The normalized spacial score (nSPS) is 22.1. The first-order chi connectivity index (χ1) is 18.3. The van der Waals surface area contributed by atoms with Crippen molar-refractivity contribution < 1.29 is 39.5 Å². The zero-order chi connectivity index (χ0) is 26.6. The van der Waals surface area contributed by atoms with Gasteiger partial charge >= 0.3 is 11.9 Å². The maximum absolute atomic E-state index is 13.7. The van der Waals surface area contributed by atoms with Crippen LogP contribution >= 0.6 is 0 Å². The molecule has 2 heterocycles. The Morgan fingerprint density at radius 2 is 0.816 bits per heavy atom. The van der Waals surface area contributed by atoms with E-state index < -0.39 is 35.6 Å². The van der Waals surface area contributed by atoms with Crippen LogP contribution in [0.15, 0.2) is 84.9 Å². The standard InChI is InChI=1S/C30H22O8/c31-17-5-1-15(2-6-17)25-21-11-9-19(33)13-23(21)37-29(35)27(25)28-26(16-3-7-18(32)8-4-16)22-12-10-20(34)14-24(22)38-30(28)36/h1-14,25-28,31-34H/t25-,26-,27+,28+/m1/s1. The number of fused-ring (bicyclic) bond motifs is 2. The lowest BCUT2D eigenvalue weighted by Gasteiger charge is -2.41. The van der Waals surface area contributed by atoms with Crippen LogP contribution in [0.5, 0.6) is 34.5 Å². The van der Waals surface area contributed by atoms with Gasteiger partial charge < -0.3 is 29.9 Å². The number of phenols is 4. The molecule has 2 aliphatic heterocycles. The number of rotatable bonds is 3. The Kier molecular flexibility index (Phi) is 5.45. The highest BCUT2D eigenvalue weighted by atomic mass is 16.5. The van der Waals surface area contributed by atoms with E-state index in [4.69, 9.17) is 9.47 Å². The van der Waals surface area contributed by atoms with Gasteiger partial charge in [0.2, 0.25) is 0 Å². The number of carbonyl (C=O) groups excluding carboxylic acids is 2. The minimum atomic E-state index is -1.05. The molecular weight excluding hydrogens is 488 g/mol. The summed E-state index contributed by atoms with van der Waals surface area (Å²) in [7, 11) is 0. The monoisotopic (exact) mass is 510 g/mol. The molecule has 38 heavy (non-hydrogen) atoms. The maximum Gasteiger partial charge on any atom is 0.316 e. The summed E-state index contributed by atoms with van der Waals surface area (Å²) in [6.07, 6.45) is 0. The SMILES string of the molecule is O=C1Oc2cc(O)ccc2[C@@H](c2ccc(O)cc2)[C@H]1[C@H]1C(=O)Oc2cc(O)ccc2[C@H]1c1ccc(O)cc1. The van der Waals surface area contributed by atoms with Crippen molar-refractivity contribution in [3.05, 3.63) is 107 Å². The molecule has 0 radical (unpaired) electrons. The van der Waals surface area contributed by atoms with Gasteiger partial charge in [-0.1, -0.05) is 36.4 Å². The van der Waals surface area contributed by atoms with Gasteiger partial charge in [-0.15, -0.1) is 0 Å². The Morgan fingerprint density at radius 1 is 0.474 bits per heavy atom. The fourth-order valence-electron chi connectivity index (χ4n) is 5.59. The maximum atomic E-state index is 13.7. The highest BCUT2D eigenvalue weighted by molar-refractivity contribution is 5.90. The average molecular weight is 510 g/mol. The predicted molar refractivity (Wildman–Crippen MR) is 134 cm³/mol. The van der Waals surface area contributed by atoms with Gasteiger partial charge in [-0.25, -0.2) is 0 Å². The van der Waals surface area contributed by atoms with Gasteiger partial charge in [-0.05, 0) is 47.5 Å². The van der Waals surface area contributed by atoms with Gasteiger partial charge in [0.1, 0.15) is 34.5 Å². The van der Waals surface area contributed by atoms with Crippen molar-refractivity contribution >= 4 is 11.9 Å². The number of hydrogen-bond acceptors (Lipinski definition) is 8. The van der Waals surface area contributed by atoms with E-state index in [-0.39, 0.29) is 34.5 Å². The van der Waals surface area contributed by atoms with E-state index >= 15 is 0 Å². The lowest BCUT2D eigenvalue weighted by Crippen LogP contribution is -2.46. The lowest BCUT2D eigenvalue weighted by atomic mass is 9.65. The first-order valence-electron chi connectivity index (χ1n) is 12.0. The second-order valence-electron chi connectivity index (χ2n) is 9.48. The van der Waals surface area contributed by atoms with Gasteiger partial charge in [0.05, 0.1) is 11.8 Å². The second kappa shape index (κ2) is 8.85. The van der Waals surface area contributed by atoms with Gasteiger partial charge in [0.15, 0.2) is 0 Å². The molecule has 8 nitrogen and oxygen atoms in total. The highest BCUT2D eigenvalue weighted by Gasteiger charge is 2.52. The third-order valence-electron chi connectivity index (χ3n) is 7.24. The first-order valence-corrected chi connectivity index (χ1v) is 12.0.